The van der Waals surface area contributed by atoms with Crippen LogP contribution in [0.2, 0.25) is 0 Å². The molecular weight excluding hydrogens is 280 g/mol. The van der Waals surface area contributed by atoms with Gasteiger partial charge in [-0.15, -0.1) is 0 Å². The van der Waals surface area contributed by atoms with E-state index in [2.05, 4.69) is 52.0 Å². The first-order valence-corrected chi connectivity index (χ1v) is 6.70. The van der Waals surface area contributed by atoms with E-state index in [-0.39, 0.29) is 6.04 Å². The number of methoxy groups -OCH3 is 1. The van der Waals surface area contributed by atoms with Gasteiger partial charge in [-0.1, -0.05) is 35.0 Å². The summed E-state index contributed by atoms with van der Waals surface area (Å²) >= 11 is 3.45. The minimum atomic E-state index is 0.267. The Balaban J connectivity index is 2.77. The summed E-state index contributed by atoms with van der Waals surface area (Å²) in [5, 5.41) is 0. The molecule has 0 bridgehead atoms. The molecule has 0 saturated heterocycles. The van der Waals surface area contributed by atoms with Gasteiger partial charge in [-0.25, -0.2) is 0 Å². The Kier molecular flexibility index (Phi) is 6.73. The number of hydrogen-bond acceptors (Lipinski definition) is 3. The zero-order valence-corrected chi connectivity index (χ0v) is 12.1. The van der Waals surface area contributed by atoms with Gasteiger partial charge in [-0.3, -0.25) is 4.90 Å². The average molecular weight is 301 g/mol. The molecule has 0 heterocycles. The fourth-order valence-corrected chi connectivity index (χ4v) is 2.19. The SMILES string of the molecule is CCN(CCOC)C(CN)c1ccc(Br)cc1. The number of hydrogen-bond donors (Lipinski definition) is 1. The summed E-state index contributed by atoms with van der Waals surface area (Å²) in [4.78, 5) is 2.34. The molecule has 1 atom stereocenters. The molecule has 0 aliphatic carbocycles. The van der Waals surface area contributed by atoms with Crippen LogP contribution in [0.15, 0.2) is 28.7 Å². The zero-order valence-electron chi connectivity index (χ0n) is 10.5. The first kappa shape index (κ1) is 14.6. The van der Waals surface area contributed by atoms with E-state index < -0.39 is 0 Å². The molecule has 1 aromatic rings. The van der Waals surface area contributed by atoms with Crippen LogP contribution in [0.4, 0.5) is 0 Å². The second-order valence-corrected chi connectivity index (χ2v) is 4.84. The van der Waals surface area contributed by atoms with Crippen LogP contribution in [0.5, 0.6) is 0 Å². The lowest BCUT2D eigenvalue weighted by molar-refractivity contribution is 0.125. The molecule has 0 aromatic heterocycles. The highest BCUT2D eigenvalue weighted by Gasteiger charge is 2.16. The molecule has 0 spiro atoms. The smallest absolute Gasteiger partial charge is 0.0589 e. The molecule has 2 N–H and O–H groups in total. The van der Waals surface area contributed by atoms with Crippen LogP contribution in [0, 0.1) is 0 Å². The maximum Gasteiger partial charge on any atom is 0.0589 e. The van der Waals surface area contributed by atoms with Gasteiger partial charge in [0.1, 0.15) is 0 Å². The van der Waals surface area contributed by atoms with Gasteiger partial charge in [-0.05, 0) is 24.2 Å². The van der Waals surface area contributed by atoms with Crippen molar-refractivity contribution in [2.45, 2.75) is 13.0 Å². The Morgan fingerprint density at radius 1 is 1.35 bits per heavy atom. The van der Waals surface area contributed by atoms with Crippen LogP contribution in [0.3, 0.4) is 0 Å². The van der Waals surface area contributed by atoms with Gasteiger partial charge in [-0.2, -0.15) is 0 Å². The Hall–Kier alpha value is -0.420. The van der Waals surface area contributed by atoms with E-state index in [9.17, 15) is 0 Å². The van der Waals surface area contributed by atoms with E-state index in [0.29, 0.717) is 6.54 Å². The fourth-order valence-electron chi connectivity index (χ4n) is 1.92. The van der Waals surface area contributed by atoms with Crippen LogP contribution in [-0.2, 0) is 4.74 Å². The van der Waals surface area contributed by atoms with Crippen molar-refractivity contribution < 1.29 is 4.74 Å². The lowest BCUT2D eigenvalue weighted by Gasteiger charge is -2.30. The maximum absolute atomic E-state index is 5.90. The van der Waals surface area contributed by atoms with Crippen LogP contribution in [-0.4, -0.2) is 38.3 Å². The van der Waals surface area contributed by atoms with E-state index in [0.717, 1.165) is 24.2 Å². The molecule has 3 nitrogen and oxygen atoms in total. The Bertz CT molecular complexity index is 316. The van der Waals surface area contributed by atoms with Crippen LogP contribution in [0.25, 0.3) is 0 Å². The number of benzene rings is 1. The number of rotatable bonds is 7. The molecule has 4 heteroatoms. The number of halogens is 1. The molecule has 1 unspecified atom stereocenters. The molecule has 0 aliphatic heterocycles. The lowest BCUT2D eigenvalue weighted by atomic mass is 10.1. The quantitative estimate of drug-likeness (QED) is 0.840. The maximum atomic E-state index is 5.90. The molecule has 0 aliphatic rings. The van der Waals surface area contributed by atoms with Crippen molar-refractivity contribution in [2.24, 2.45) is 5.73 Å². The van der Waals surface area contributed by atoms with Crippen molar-refractivity contribution in [1.82, 2.24) is 4.90 Å². The molecule has 0 fully saturated rings. The van der Waals surface area contributed by atoms with Crippen molar-refractivity contribution >= 4 is 15.9 Å². The summed E-state index contributed by atoms with van der Waals surface area (Å²) in [6.45, 7) is 5.39. The predicted octanol–water partition coefficient (Wildman–Crippen LogP) is 2.42. The van der Waals surface area contributed by atoms with Crippen LogP contribution < -0.4 is 5.73 Å². The standard InChI is InChI=1S/C13H21BrN2O/c1-3-16(8-9-17-2)13(10-15)11-4-6-12(14)7-5-11/h4-7,13H,3,8-10,15H2,1-2H3. The number of nitrogens with two attached hydrogens (primary N) is 1. The third kappa shape index (κ3) is 4.39. The summed E-state index contributed by atoms with van der Waals surface area (Å²) in [6, 6.07) is 8.63. The summed E-state index contributed by atoms with van der Waals surface area (Å²) < 4.78 is 6.23. The van der Waals surface area contributed by atoms with E-state index in [1.165, 1.54) is 5.56 Å². The molecule has 0 amide bonds. The van der Waals surface area contributed by atoms with E-state index >= 15 is 0 Å². The van der Waals surface area contributed by atoms with E-state index in [1.54, 1.807) is 7.11 Å². The highest BCUT2D eigenvalue weighted by Crippen LogP contribution is 2.21. The van der Waals surface area contributed by atoms with Gasteiger partial charge in [0.05, 0.1) is 6.61 Å². The Labute approximate surface area is 112 Å². The zero-order chi connectivity index (χ0) is 12.7. The third-order valence-corrected chi connectivity index (χ3v) is 3.44. The van der Waals surface area contributed by atoms with Gasteiger partial charge < -0.3 is 10.5 Å². The van der Waals surface area contributed by atoms with Crippen molar-refractivity contribution in [3.8, 4) is 0 Å². The first-order valence-electron chi connectivity index (χ1n) is 5.91. The largest absolute Gasteiger partial charge is 0.383 e. The molecular formula is C13H21BrN2O. The third-order valence-electron chi connectivity index (χ3n) is 2.91. The van der Waals surface area contributed by atoms with Gasteiger partial charge in [0, 0.05) is 30.7 Å². The summed E-state index contributed by atoms with van der Waals surface area (Å²) in [6.07, 6.45) is 0. The molecule has 96 valence electrons. The normalized spacial score (nSPS) is 13.0. The molecule has 1 aromatic carbocycles. The predicted molar refractivity (Wildman–Crippen MR) is 75.1 cm³/mol. The monoisotopic (exact) mass is 300 g/mol. The van der Waals surface area contributed by atoms with Gasteiger partial charge in [0.25, 0.3) is 0 Å². The Morgan fingerprint density at radius 3 is 2.47 bits per heavy atom. The molecule has 1 rings (SSSR count). The number of ether oxygens (including phenoxy) is 1. The average Bonchev–Trinajstić information content (AvgIpc) is 2.36. The van der Waals surface area contributed by atoms with Crippen molar-refractivity contribution in [3.05, 3.63) is 34.3 Å². The second kappa shape index (κ2) is 7.82. The highest BCUT2D eigenvalue weighted by atomic mass is 79.9. The van der Waals surface area contributed by atoms with E-state index in [4.69, 9.17) is 10.5 Å². The van der Waals surface area contributed by atoms with Gasteiger partial charge in [0.15, 0.2) is 0 Å². The summed E-state index contributed by atoms with van der Waals surface area (Å²) in [7, 11) is 1.73. The van der Waals surface area contributed by atoms with Crippen molar-refractivity contribution in [2.75, 3.05) is 33.4 Å². The van der Waals surface area contributed by atoms with Crippen LogP contribution in [0.1, 0.15) is 18.5 Å². The number of likely N-dealkylation sites (N-methyl/N-ethyl adjacent to an activating group) is 1. The Morgan fingerprint density at radius 2 is 2.00 bits per heavy atom. The molecule has 0 saturated carbocycles. The first-order chi connectivity index (χ1) is 8.22. The van der Waals surface area contributed by atoms with Gasteiger partial charge >= 0.3 is 0 Å². The number of nitrogens with zero attached hydrogens (tertiary/aromatic N) is 1. The minimum absolute atomic E-state index is 0.267. The topological polar surface area (TPSA) is 38.5 Å². The highest BCUT2D eigenvalue weighted by molar-refractivity contribution is 9.10. The summed E-state index contributed by atoms with van der Waals surface area (Å²) in [5.74, 6) is 0. The van der Waals surface area contributed by atoms with Crippen molar-refractivity contribution in [3.63, 3.8) is 0 Å². The molecule has 17 heavy (non-hydrogen) atoms. The van der Waals surface area contributed by atoms with Gasteiger partial charge in [0.2, 0.25) is 0 Å². The fraction of sp³-hybridized carbons (Fsp3) is 0.538. The lowest BCUT2D eigenvalue weighted by Crippen LogP contribution is -2.35. The van der Waals surface area contributed by atoms with Crippen LogP contribution >= 0.6 is 15.9 Å². The molecule has 0 radical (unpaired) electrons. The minimum Gasteiger partial charge on any atom is -0.383 e. The van der Waals surface area contributed by atoms with E-state index in [1.807, 2.05) is 0 Å². The second-order valence-electron chi connectivity index (χ2n) is 3.92. The van der Waals surface area contributed by atoms with Crippen molar-refractivity contribution in [1.29, 1.82) is 0 Å². The summed E-state index contributed by atoms with van der Waals surface area (Å²) in [5.41, 5.74) is 7.15.